The lowest BCUT2D eigenvalue weighted by atomic mass is 10.0. The van der Waals surface area contributed by atoms with Crippen molar-refractivity contribution in [1.29, 1.82) is 0 Å². The van der Waals surface area contributed by atoms with Crippen molar-refractivity contribution < 1.29 is 14.6 Å². The minimum absolute atomic E-state index is 0.0636. The van der Waals surface area contributed by atoms with Crippen molar-refractivity contribution in [3.05, 3.63) is 29.8 Å². The Bertz CT molecular complexity index is 421. The van der Waals surface area contributed by atoms with Crippen molar-refractivity contribution >= 4 is 6.03 Å². The lowest BCUT2D eigenvalue weighted by molar-refractivity contribution is 0.175. The number of urea groups is 1. The Balaban J connectivity index is 2.50. The highest BCUT2D eigenvalue weighted by Crippen LogP contribution is 2.26. The molecule has 1 aromatic rings. The van der Waals surface area contributed by atoms with Crippen molar-refractivity contribution in [2.75, 3.05) is 13.2 Å². The maximum absolute atomic E-state index is 11.6. The molecule has 0 fully saturated rings. The van der Waals surface area contributed by atoms with E-state index in [1.54, 1.807) is 6.92 Å². The third-order valence-corrected chi connectivity index (χ3v) is 2.80. The van der Waals surface area contributed by atoms with E-state index in [1.165, 1.54) is 0 Å². The quantitative estimate of drug-likeness (QED) is 0.530. The minimum atomic E-state index is -0.427. The molecule has 112 valence electrons. The molecule has 3 N–H and O–H groups in total. The Morgan fingerprint density at radius 2 is 2.00 bits per heavy atom. The Hall–Kier alpha value is -1.75. The minimum Gasteiger partial charge on any atom is -0.471 e. The third kappa shape index (κ3) is 5.48. The molecule has 0 heterocycles. The van der Waals surface area contributed by atoms with Gasteiger partial charge >= 0.3 is 6.03 Å². The smallest absolute Gasteiger partial charge is 0.317 e. The molecule has 0 saturated carbocycles. The van der Waals surface area contributed by atoms with Gasteiger partial charge in [0.25, 0.3) is 0 Å². The predicted octanol–water partition coefficient (Wildman–Crippen LogP) is 2.22. The van der Waals surface area contributed by atoms with Crippen LogP contribution in [0.4, 0.5) is 4.79 Å². The number of aliphatic hydroxyl groups is 1. The fraction of sp³-hybridized carbons (Fsp3) is 0.533. The van der Waals surface area contributed by atoms with E-state index in [4.69, 9.17) is 9.84 Å². The first-order chi connectivity index (χ1) is 9.54. The second-order valence-electron chi connectivity index (χ2n) is 4.93. The SMILES string of the molecule is CC(NC(=O)NCCCO)Oc1ccccc1C(C)C. The Labute approximate surface area is 120 Å². The van der Waals surface area contributed by atoms with Crippen molar-refractivity contribution in [2.45, 2.75) is 39.3 Å². The largest absolute Gasteiger partial charge is 0.471 e. The highest BCUT2D eigenvalue weighted by atomic mass is 16.5. The van der Waals surface area contributed by atoms with Gasteiger partial charge in [-0.15, -0.1) is 0 Å². The monoisotopic (exact) mass is 280 g/mol. The molecule has 0 radical (unpaired) electrons. The van der Waals surface area contributed by atoms with Gasteiger partial charge in [-0.25, -0.2) is 4.79 Å². The normalized spacial score (nSPS) is 12.1. The topological polar surface area (TPSA) is 70.6 Å². The molecule has 0 aliphatic rings. The third-order valence-electron chi connectivity index (χ3n) is 2.80. The molecule has 20 heavy (non-hydrogen) atoms. The van der Waals surface area contributed by atoms with E-state index in [2.05, 4.69) is 24.5 Å². The van der Waals surface area contributed by atoms with Crippen LogP contribution in [0.2, 0.25) is 0 Å². The van der Waals surface area contributed by atoms with E-state index < -0.39 is 6.23 Å². The summed E-state index contributed by atoms with van der Waals surface area (Å²) in [6.45, 7) is 6.48. The van der Waals surface area contributed by atoms with Crippen LogP contribution in [0.3, 0.4) is 0 Å². The van der Waals surface area contributed by atoms with Crippen LogP contribution in [0.15, 0.2) is 24.3 Å². The van der Waals surface area contributed by atoms with E-state index in [1.807, 2.05) is 24.3 Å². The molecule has 1 unspecified atom stereocenters. The number of nitrogens with one attached hydrogen (secondary N) is 2. The number of hydrogen-bond acceptors (Lipinski definition) is 3. The lowest BCUT2D eigenvalue weighted by Gasteiger charge is -2.20. The van der Waals surface area contributed by atoms with Crippen LogP contribution in [0.1, 0.15) is 38.7 Å². The number of para-hydroxylation sites is 1. The van der Waals surface area contributed by atoms with Crippen LogP contribution in [0.5, 0.6) is 5.75 Å². The van der Waals surface area contributed by atoms with E-state index in [0.29, 0.717) is 18.9 Å². The van der Waals surface area contributed by atoms with Gasteiger partial charge in [0.1, 0.15) is 5.75 Å². The Morgan fingerprint density at radius 3 is 2.65 bits per heavy atom. The molecule has 0 saturated heterocycles. The number of hydrogen-bond donors (Lipinski definition) is 3. The molecule has 5 heteroatoms. The van der Waals surface area contributed by atoms with Gasteiger partial charge in [-0.05, 0) is 30.9 Å². The maximum atomic E-state index is 11.6. The van der Waals surface area contributed by atoms with Gasteiger partial charge in [-0.1, -0.05) is 32.0 Å². The molecule has 0 bridgehead atoms. The van der Waals surface area contributed by atoms with Gasteiger partial charge in [0.15, 0.2) is 6.23 Å². The van der Waals surface area contributed by atoms with Gasteiger partial charge in [0.05, 0.1) is 0 Å². The summed E-state index contributed by atoms with van der Waals surface area (Å²) in [4.78, 5) is 11.6. The summed E-state index contributed by atoms with van der Waals surface area (Å²) in [5.41, 5.74) is 1.11. The van der Waals surface area contributed by atoms with Gasteiger partial charge in [-0.2, -0.15) is 0 Å². The molecular formula is C15H24N2O3. The predicted molar refractivity (Wildman–Crippen MR) is 78.9 cm³/mol. The molecule has 0 aromatic heterocycles. The number of rotatable bonds is 7. The fourth-order valence-corrected chi connectivity index (χ4v) is 1.80. The highest BCUT2D eigenvalue weighted by Gasteiger charge is 2.12. The number of carbonyl (C=O) groups excluding carboxylic acids is 1. The van der Waals surface area contributed by atoms with E-state index >= 15 is 0 Å². The van der Waals surface area contributed by atoms with Gasteiger partial charge < -0.3 is 20.5 Å². The van der Waals surface area contributed by atoms with E-state index in [-0.39, 0.29) is 12.6 Å². The van der Waals surface area contributed by atoms with Gasteiger partial charge in [0, 0.05) is 13.2 Å². The number of aliphatic hydroxyl groups excluding tert-OH is 1. The van der Waals surface area contributed by atoms with Gasteiger partial charge in [0.2, 0.25) is 0 Å². The summed E-state index contributed by atoms with van der Waals surface area (Å²) < 4.78 is 5.76. The van der Waals surface area contributed by atoms with Crippen LogP contribution in [-0.2, 0) is 0 Å². The number of ether oxygens (including phenoxy) is 1. The molecule has 0 aliphatic carbocycles. The number of carbonyl (C=O) groups is 1. The van der Waals surface area contributed by atoms with Crippen molar-refractivity contribution in [2.24, 2.45) is 0 Å². The van der Waals surface area contributed by atoms with E-state index in [0.717, 1.165) is 11.3 Å². The maximum Gasteiger partial charge on any atom is 0.317 e. The molecule has 1 aromatic carbocycles. The summed E-state index contributed by atoms with van der Waals surface area (Å²) in [5, 5.41) is 14.0. The molecular weight excluding hydrogens is 256 g/mol. The zero-order valence-electron chi connectivity index (χ0n) is 12.3. The van der Waals surface area contributed by atoms with Crippen LogP contribution in [-0.4, -0.2) is 30.5 Å². The van der Waals surface area contributed by atoms with Crippen molar-refractivity contribution in [3.63, 3.8) is 0 Å². The number of benzene rings is 1. The Morgan fingerprint density at radius 1 is 1.30 bits per heavy atom. The molecule has 0 spiro atoms. The van der Waals surface area contributed by atoms with Crippen LogP contribution in [0.25, 0.3) is 0 Å². The standard InChI is InChI=1S/C15H24N2O3/c1-11(2)13-7-4-5-8-14(13)20-12(3)17-15(19)16-9-6-10-18/h4-5,7-8,11-12,18H,6,9-10H2,1-3H3,(H2,16,17,19). The molecule has 5 nitrogen and oxygen atoms in total. The summed E-state index contributed by atoms with van der Waals surface area (Å²) in [6.07, 6.45) is 0.114. The molecule has 2 amide bonds. The molecule has 0 aliphatic heterocycles. The average Bonchev–Trinajstić information content (AvgIpc) is 2.39. The zero-order valence-corrected chi connectivity index (χ0v) is 12.3. The van der Waals surface area contributed by atoms with Gasteiger partial charge in [-0.3, -0.25) is 0 Å². The summed E-state index contributed by atoms with van der Waals surface area (Å²) in [7, 11) is 0. The second-order valence-corrected chi connectivity index (χ2v) is 4.93. The summed E-state index contributed by atoms with van der Waals surface area (Å²) in [5.74, 6) is 1.14. The van der Waals surface area contributed by atoms with Crippen LogP contribution in [0, 0.1) is 0 Å². The zero-order chi connectivity index (χ0) is 15.0. The fourth-order valence-electron chi connectivity index (χ4n) is 1.80. The summed E-state index contributed by atoms with van der Waals surface area (Å²) >= 11 is 0. The van der Waals surface area contributed by atoms with E-state index in [9.17, 15) is 4.79 Å². The van der Waals surface area contributed by atoms with Crippen LogP contribution >= 0.6 is 0 Å². The first-order valence-electron chi connectivity index (χ1n) is 6.95. The van der Waals surface area contributed by atoms with Crippen LogP contribution < -0.4 is 15.4 Å². The Kier molecular flexibility index (Phi) is 6.87. The molecule has 1 atom stereocenters. The lowest BCUT2D eigenvalue weighted by Crippen LogP contribution is -2.43. The van der Waals surface area contributed by atoms with Crippen molar-refractivity contribution in [1.82, 2.24) is 10.6 Å². The first-order valence-corrected chi connectivity index (χ1v) is 6.95. The second kappa shape index (κ2) is 8.43. The summed E-state index contributed by atoms with van der Waals surface area (Å²) in [6, 6.07) is 7.51. The average molecular weight is 280 g/mol. The highest BCUT2D eigenvalue weighted by molar-refractivity contribution is 5.73. The first kappa shape index (κ1) is 16.3. The number of amides is 2. The molecule has 1 rings (SSSR count). The van der Waals surface area contributed by atoms with Crippen molar-refractivity contribution in [3.8, 4) is 5.75 Å².